The molecule has 6 nitrogen and oxygen atoms in total. The van der Waals surface area contributed by atoms with Crippen LogP contribution in [-0.2, 0) is 11.8 Å². The molecule has 0 aliphatic heterocycles. The highest BCUT2D eigenvalue weighted by Gasteiger charge is 2.18. The molecule has 0 saturated heterocycles. The Morgan fingerprint density at radius 3 is 3.11 bits per heavy atom. The molecule has 0 aromatic carbocycles. The van der Waals surface area contributed by atoms with Gasteiger partial charge in [-0.15, -0.1) is 21.5 Å². The van der Waals surface area contributed by atoms with Gasteiger partial charge < -0.3 is 9.88 Å². The lowest BCUT2D eigenvalue weighted by molar-refractivity contribution is -0.115. The molecule has 0 unspecified atom stereocenters. The zero-order chi connectivity index (χ0) is 13.8. The van der Waals surface area contributed by atoms with Gasteiger partial charge in [-0.3, -0.25) is 4.79 Å². The third-order valence-electron chi connectivity index (χ3n) is 2.34. The number of anilines is 1. The first kappa shape index (κ1) is 13.6. The Morgan fingerprint density at radius 2 is 2.47 bits per heavy atom. The van der Waals surface area contributed by atoms with Crippen molar-refractivity contribution in [3.8, 4) is 6.07 Å². The third-order valence-corrected chi connectivity index (χ3v) is 4.32. The van der Waals surface area contributed by atoms with Gasteiger partial charge in [0.25, 0.3) is 0 Å². The molecule has 2 heterocycles. The molecule has 0 saturated carbocycles. The highest BCUT2D eigenvalue weighted by Crippen LogP contribution is 2.25. The van der Waals surface area contributed by atoms with Gasteiger partial charge in [0.2, 0.25) is 5.91 Å². The maximum absolute atomic E-state index is 12.0. The van der Waals surface area contributed by atoms with Crippen molar-refractivity contribution in [3.05, 3.63) is 23.3 Å². The predicted molar refractivity (Wildman–Crippen MR) is 74.0 cm³/mol. The van der Waals surface area contributed by atoms with Crippen molar-refractivity contribution < 1.29 is 4.79 Å². The molecule has 19 heavy (non-hydrogen) atoms. The number of hydrogen-bond acceptors (Lipinski definition) is 6. The number of aryl methyl sites for hydroxylation is 1. The average molecular weight is 293 g/mol. The summed E-state index contributed by atoms with van der Waals surface area (Å²) >= 11 is 2.65. The summed E-state index contributed by atoms with van der Waals surface area (Å²) in [6, 6.07) is 3.72. The zero-order valence-corrected chi connectivity index (χ0v) is 12.0. The molecule has 8 heteroatoms. The lowest BCUT2D eigenvalue weighted by Crippen LogP contribution is -2.22. The van der Waals surface area contributed by atoms with Crippen molar-refractivity contribution in [3.63, 3.8) is 0 Å². The first-order valence-corrected chi connectivity index (χ1v) is 7.17. The molecule has 0 aliphatic carbocycles. The number of rotatable bonds is 4. The Morgan fingerprint density at radius 1 is 1.68 bits per heavy atom. The monoisotopic (exact) mass is 293 g/mol. The topological polar surface area (TPSA) is 83.6 Å². The standard InChI is InChI=1S/C11H11N5OS2/c1-7(19-11-15-13-6-16(11)2)9(17)14-10-8(5-12)3-4-18-10/h3-4,6-7H,1-2H3,(H,14,17)/t7-/m0/s1. The van der Waals surface area contributed by atoms with Gasteiger partial charge in [0, 0.05) is 7.05 Å². The number of thiophene rings is 1. The van der Waals surface area contributed by atoms with Gasteiger partial charge in [0.1, 0.15) is 17.4 Å². The van der Waals surface area contributed by atoms with Crippen LogP contribution in [0.3, 0.4) is 0 Å². The smallest absolute Gasteiger partial charge is 0.238 e. The molecule has 2 aromatic rings. The van der Waals surface area contributed by atoms with Crippen molar-refractivity contribution in [2.75, 3.05) is 5.32 Å². The van der Waals surface area contributed by atoms with E-state index in [0.29, 0.717) is 15.7 Å². The molecule has 0 fully saturated rings. The minimum Gasteiger partial charge on any atom is -0.316 e. The van der Waals surface area contributed by atoms with Gasteiger partial charge >= 0.3 is 0 Å². The molecule has 0 bridgehead atoms. The minimum atomic E-state index is -0.323. The summed E-state index contributed by atoms with van der Waals surface area (Å²) in [5.74, 6) is -0.160. The first-order valence-electron chi connectivity index (χ1n) is 5.41. The van der Waals surface area contributed by atoms with Gasteiger partial charge in [-0.05, 0) is 18.4 Å². The fourth-order valence-corrected chi connectivity index (χ4v) is 2.83. The Kier molecular flexibility index (Phi) is 4.19. The number of nitrogens with one attached hydrogen (secondary N) is 1. The van der Waals surface area contributed by atoms with Gasteiger partial charge in [-0.25, -0.2) is 0 Å². The number of carbonyl (C=O) groups is 1. The average Bonchev–Trinajstić information content (AvgIpc) is 2.99. The number of carbonyl (C=O) groups excluding carboxylic acids is 1. The lowest BCUT2D eigenvalue weighted by Gasteiger charge is -2.10. The molecule has 1 N–H and O–H groups in total. The van der Waals surface area contributed by atoms with Crippen molar-refractivity contribution in [1.29, 1.82) is 5.26 Å². The van der Waals surface area contributed by atoms with Gasteiger partial charge in [0.05, 0.1) is 10.8 Å². The molecule has 0 radical (unpaired) electrons. The van der Waals surface area contributed by atoms with E-state index in [4.69, 9.17) is 5.26 Å². The molecule has 2 aromatic heterocycles. The SMILES string of the molecule is C[C@H](Sc1nncn1C)C(=O)Nc1sccc1C#N. The molecule has 98 valence electrons. The van der Waals surface area contributed by atoms with Crippen molar-refractivity contribution in [2.24, 2.45) is 7.05 Å². The van der Waals surface area contributed by atoms with E-state index in [2.05, 4.69) is 15.5 Å². The highest BCUT2D eigenvalue weighted by molar-refractivity contribution is 8.00. The number of nitrogens with zero attached hydrogens (tertiary/aromatic N) is 4. The maximum Gasteiger partial charge on any atom is 0.238 e. The van der Waals surface area contributed by atoms with Crippen molar-refractivity contribution in [1.82, 2.24) is 14.8 Å². The molecule has 2 rings (SSSR count). The van der Waals surface area contributed by atoms with Crippen molar-refractivity contribution in [2.45, 2.75) is 17.3 Å². The van der Waals surface area contributed by atoms with E-state index in [9.17, 15) is 4.79 Å². The summed E-state index contributed by atoms with van der Waals surface area (Å²) < 4.78 is 1.75. The van der Waals surface area contributed by atoms with Gasteiger partial charge in [-0.1, -0.05) is 11.8 Å². The Bertz CT molecular complexity index is 627. The molecule has 0 aliphatic rings. The molecule has 1 amide bonds. The van der Waals surface area contributed by atoms with Crippen LogP contribution < -0.4 is 5.32 Å². The second-order valence-corrected chi connectivity index (χ2v) is 5.97. The van der Waals surface area contributed by atoms with E-state index in [-0.39, 0.29) is 11.2 Å². The van der Waals surface area contributed by atoms with E-state index in [1.54, 1.807) is 29.3 Å². The van der Waals surface area contributed by atoms with Crippen LogP contribution >= 0.6 is 23.1 Å². The van der Waals surface area contributed by atoms with Crippen LogP contribution in [0.2, 0.25) is 0 Å². The van der Waals surface area contributed by atoms with Crippen LogP contribution in [0.25, 0.3) is 0 Å². The van der Waals surface area contributed by atoms with Gasteiger partial charge in [-0.2, -0.15) is 5.26 Å². The van der Waals surface area contributed by atoms with Crippen LogP contribution in [-0.4, -0.2) is 25.9 Å². The van der Waals surface area contributed by atoms with Crippen LogP contribution in [0.5, 0.6) is 0 Å². The van der Waals surface area contributed by atoms with Crippen LogP contribution in [0.15, 0.2) is 22.9 Å². The number of amides is 1. The summed E-state index contributed by atoms with van der Waals surface area (Å²) in [6.07, 6.45) is 1.58. The maximum atomic E-state index is 12.0. The summed E-state index contributed by atoms with van der Waals surface area (Å²) in [4.78, 5) is 12.0. The summed E-state index contributed by atoms with van der Waals surface area (Å²) in [5.41, 5.74) is 0.481. The number of hydrogen-bond donors (Lipinski definition) is 1. The zero-order valence-electron chi connectivity index (χ0n) is 10.3. The highest BCUT2D eigenvalue weighted by atomic mass is 32.2. The quantitative estimate of drug-likeness (QED) is 0.870. The van der Waals surface area contributed by atoms with E-state index in [1.807, 2.05) is 13.1 Å². The van der Waals surface area contributed by atoms with E-state index in [1.165, 1.54) is 23.1 Å². The summed E-state index contributed by atoms with van der Waals surface area (Å²) in [6.45, 7) is 1.79. The fourth-order valence-electron chi connectivity index (χ4n) is 1.30. The summed E-state index contributed by atoms with van der Waals surface area (Å²) in [7, 11) is 1.82. The minimum absolute atomic E-state index is 0.160. The first-order chi connectivity index (χ1) is 9.11. The molecule has 0 spiro atoms. The summed E-state index contributed by atoms with van der Waals surface area (Å²) in [5, 5.41) is 22.0. The van der Waals surface area contributed by atoms with Crippen LogP contribution in [0.4, 0.5) is 5.00 Å². The number of thioether (sulfide) groups is 1. The van der Waals surface area contributed by atoms with Gasteiger partial charge in [0.15, 0.2) is 5.16 Å². The number of aromatic nitrogens is 3. The lowest BCUT2D eigenvalue weighted by atomic mass is 10.3. The predicted octanol–water partition coefficient (Wildman–Crippen LogP) is 1.87. The Balaban J connectivity index is 2.01. The number of nitriles is 1. The molecule has 1 atom stereocenters. The van der Waals surface area contributed by atoms with E-state index < -0.39 is 0 Å². The fraction of sp³-hybridized carbons (Fsp3) is 0.273. The van der Waals surface area contributed by atoms with E-state index in [0.717, 1.165) is 0 Å². The van der Waals surface area contributed by atoms with Crippen molar-refractivity contribution >= 4 is 34.0 Å². The largest absolute Gasteiger partial charge is 0.316 e. The molecular formula is C11H11N5OS2. The van der Waals surface area contributed by atoms with Crippen LogP contribution in [0.1, 0.15) is 12.5 Å². The Hall–Kier alpha value is -1.85. The Labute approximate surface area is 118 Å². The van der Waals surface area contributed by atoms with E-state index >= 15 is 0 Å². The third kappa shape index (κ3) is 3.13. The molecular weight excluding hydrogens is 282 g/mol. The van der Waals surface area contributed by atoms with Crippen LogP contribution in [0, 0.1) is 11.3 Å². The normalized spacial score (nSPS) is 11.8. The second-order valence-electron chi connectivity index (χ2n) is 3.75. The second kappa shape index (κ2) is 5.86.